The lowest BCUT2D eigenvalue weighted by Gasteiger charge is -2.24. The Morgan fingerprint density at radius 3 is 2.78 bits per heavy atom. The van der Waals surface area contributed by atoms with Crippen molar-refractivity contribution in [1.82, 2.24) is 5.32 Å². The van der Waals surface area contributed by atoms with Gasteiger partial charge in [-0.15, -0.1) is 12.4 Å². The fourth-order valence-electron chi connectivity index (χ4n) is 2.32. The Kier molecular flexibility index (Phi) is 4.71. The number of hydrogen-bond donors (Lipinski definition) is 2. The number of aliphatic carboxylic acids is 1. The summed E-state index contributed by atoms with van der Waals surface area (Å²) >= 11 is 0. The Labute approximate surface area is 112 Å². The van der Waals surface area contributed by atoms with Gasteiger partial charge in [-0.3, -0.25) is 4.79 Å². The molecule has 0 spiro atoms. The molecule has 1 atom stereocenters. The third kappa shape index (κ3) is 2.63. The zero-order valence-corrected chi connectivity index (χ0v) is 10.7. The average Bonchev–Trinajstić information content (AvgIpc) is 2.80. The summed E-state index contributed by atoms with van der Waals surface area (Å²) < 4.78 is 0. The predicted octanol–water partition coefficient (Wildman–Crippen LogP) is 1.73. The first-order chi connectivity index (χ1) is 8.18. The van der Waals surface area contributed by atoms with Gasteiger partial charge in [0.2, 0.25) is 0 Å². The third-order valence-corrected chi connectivity index (χ3v) is 3.28. The van der Waals surface area contributed by atoms with Crippen LogP contribution in [0.2, 0.25) is 0 Å². The van der Waals surface area contributed by atoms with Crippen LogP contribution in [0, 0.1) is 11.3 Å². The molecule has 1 fully saturated rings. The number of carbonyl (C=O) groups is 1. The van der Waals surface area contributed by atoms with Crippen LogP contribution in [0.4, 0.5) is 0 Å². The number of nitrogens with zero attached hydrogens (tertiary/aromatic N) is 1. The highest BCUT2D eigenvalue weighted by Gasteiger charge is 2.41. The maximum absolute atomic E-state index is 11.4. The lowest BCUT2D eigenvalue weighted by molar-refractivity contribution is -0.144. The van der Waals surface area contributed by atoms with Gasteiger partial charge in [0.1, 0.15) is 5.54 Å². The highest BCUT2D eigenvalue weighted by Crippen LogP contribution is 2.25. The second kappa shape index (κ2) is 5.85. The molecule has 96 valence electrons. The van der Waals surface area contributed by atoms with E-state index in [-0.39, 0.29) is 12.4 Å². The first-order valence-corrected chi connectivity index (χ1v) is 5.64. The zero-order chi connectivity index (χ0) is 12.3. The van der Waals surface area contributed by atoms with Gasteiger partial charge in [0, 0.05) is 6.42 Å². The predicted molar refractivity (Wildman–Crippen MR) is 69.7 cm³/mol. The summed E-state index contributed by atoms with van der Waals surface area (Å²) in [5.74, 6) is -0.831. The van der Waals surface area contributed by atoms with Crippen LogP contribution >= 0.6 is 12.4 Å². The minimum atomic E-state index is -0.896. The standard InChI is InChI=1S/C13H14N2O2.ClH/c14-9-11-5-2-1-4-10(11)8-13(12(16)17)6-3-7-15-13;/h1-2,4-5,15H,3,6-8H2,(H,16,17);1H. The fraction of sp³-hybridized carbons (Fsp3) is 0.385. The third-order valence-electron chi connectivity index (χ3n) is 3.28. The molecule has 2 N–H and O–H groups in total. The number of hydrogen-bond acceptors (Lipinski definition) is 3. The van der Waals surface area contributed by atoms with Crippen LogP contribution in [0.5, 0.6) is 0 Å². The highest BCUT2D eigenvalue weighted by molar-refractivity contribution is 5.85. The lowest BCUT2D eigenvalue weighted by atomic mass is 9.87. The van der Waals surface area contributed by atoms with Gasteiger partial charge >= 0.3 is 5.97 Å². The molecular weight excluding hydrogens is 252 g/mol. The van der Waals surface area contributed by atoms with Crippen LogP contribution in [-0.4, -0.2) is 23.2 Å². The van der Waals surface area contributed by atoms with E-state index in [1.165, 1.54) is 0 Å². The van der Waals surface area contributed by atoms with Crippen LogP contribution in [0.25, 0.3) is 0 Å². The van der Waals surface area contributed by atoms with Gasteiger partial charge < -0.3 is 10.4 Å². The number of rotatable bonds is 3. The molecule has 1 aromatic carbocycles. The van der Waals surface area contributed by atoms with E-state index >= 15 is 0 Å². The van der Waals surface area contributed by atoms with Crippen molar-refractivity contribution in [1.29, 1.82) is 5.26 Å². The van der Waals surface area contributed by atoms with Crippen molar-refractivity contribution in [2.75, 3.05) is 6.54 Å². The smallest absolute Gasteiger partial charge is 0.324 e. The summed E-state index contributed by atoms with van der Waals surface area (Å²) in [5.41, 5.74) is 0.459. The average molecular weight is 267 g/mol. The summed E-state index contributed by atoms with van der Waals surface area (Å²) in [6.07, 6.45) is 1.84. The van der Waals surface area contributed by atoms with Crippen molar-refractivity contribution in [3.8, 4) is 6.07 Å². The molecule has 2 rings (SSSR count). The molecule has 1 saturated heterocycles. The van der Waals surface area contributed by atoms with Crippen molar-refractivity contribution in [2.45, 2.75) is 24.8 Å². The Hall–Kier alpha value is -1.57. The molecule has 0 saturated carbocycles. The van der Waals surface area contributed by atoms with Crippen LogP contribution in [0.1, 0.15) is 24.0 Å². The molecule has 4 nitrogen and oxygen atoms in total. The maximum Gasteiger partial charge on any atom is 0.324 e. The second-order valence-corrected chi connectivity index (χ2v) is 4.36. The molecule has 1 aromatic rings. The van der Waals surface area contributed by atoms with Crippen LogP contribution in [0.3, 0.4) is 0 Å². The van der Waals surface area contributed by atoms with E-state index in [1.807, 2.05) is 12.1 Å². The van der Waals surface area contributed by atoms with Crippen molar-refractivity contribution < 1.29 is 9.90 Å². The number of carboxylic acid groups (broad SMARTS) is 1. The van der Waals surface area contributed by atoms with Crippen molar-refractivity contribution >= 4 is 18.4 Å². The number of nitrogens with one attached hydrogen (secondary N) is 1. The molecule has 0 aromatic heterocycles. The molecule has 5 heteroatoms. The molecule has 18 heavy (non-hydrogen) atoms. The summed E-state index contributed by atoms with van der Waals surface area (Å²) in [6, 6.07) is 9.27. The molecule has 0 amide bonds. The Morgan fingerprint density at radius 2 is 2.22 bits per heavy atom. The monoisotopic (exact) mass is 266 g/mol. The van der Waals surface area contributed by atoms with Crippen molar-refractivity contribution in [3.05, 3.63) is 35.4 Å². The minimum Gasteiger partial charge on any atom is -0.480 e. The van der Waals surface area contributed by atoms with Gasteiger partial charge in [-0.05, 0) is 31.0 Å². The fourth-order valence-corrected chi connectivity index (χ4v) is 2.32. The molecule has 1 unspecified atom stereocenters. The van der Waals surface area contributed by atoms with Crippen LogP contribution in [-0.2, 0) is 11.2 Å². The second-order valence-electron chi connectivity index (χ2n) is 4.36. The largest absolute Gasteiger partial charge is 0.480 e. The van der Waals surface area contributed by atoms with Gasteiger partial charge in [0.05, 0.1) is 11.6 Å². The Balaban J connectivity index is 0.00000162. The molecular formula is C13H15ClN2O2. The molecule has 0 aliphatic carbocycles. The highest BCUT2D eigenvalue weighted by atomic mass is 35.5. The number of benzene rings is 1. The normalized spacial score (nSPS) is 21.9. The van der Waals surface area contributed by atoms with Crippen LogP contribution in [0.15, 0.2) is 24.3 Å². The van der Waals surface area contributed by atoms with Crippen LogP contribution < -0.4 is 5.32 Å². The van der Waals surface area contributed by atoms with Crippen molar-refractivity contribution in [2.24, 2.45) is 0 Å². The SMILES string of the molecule is Cl.N#Cc1ccccc1CC1(C(=O)O)CCCN1. The van der Waals surface area contributed by atoms with E-state index in [9.17, 15) is 9.90 Å². The molecule has 0 bridgehead atoms. The van der Waals surface area contributed by atoms with E-state index in [4.69, 9.17) is 5.26 Å². The first-order valence-electron chi connectivity index (χ1n) is 5.64. The van der Waals surface area contributed by atoms with Gasteiger partial charge in [-0.2, -0.15) is 5.26 Å². The van der Waals surface area contributed by atoms with E-state index in [0.29, 0.717) is 18.4 Å². The number of carboxylic acids is 1. The Morgan fingerprint density at radius 1 is 1.50 bits per heavy atom. The first kappa shape index (κ1) is 14.5. The molecule has 1 aliphatic rings. The molecule has 0 radical (unpaired) electrons. The quantitative estimate of drug-likeness (QED) is 0.874. The lowest BCUT2D eigenvalue weighted by Crippen LogP contribution is -2.49. The van der Waals surface area contributed by atoms with E-state index < -0.39 is 11.5 Å². The van der Waals surface area contributed by atoms with Crippen molar-refractivity contribution in [3.63, 3.8) is 0 Å². The Bertz CT molecular complexity index is 476. The summed E-state index contributed by atoms with van der Waals surface area (Å²) in [7, 11) is 0. The number of nitriles is 1. The van der Waals surface area contributed by atoms with E-state index in [2.05, 4.69) is 11.4 Å². The van der Waals surface area contributed by atoms with Gasteiger partial charge in [0.15, 0.2) is 0 Å². The van der Waals surface area contributed by atoms with Gasteiger partial charge in [-0.25, -0.2) is 0 Å². The topological polar surface area (TPSA) is 73.1 Å². The maximum atomic E-state index is 11.4. The zero-order valence-electron chi connectivity index (χ0n) is 9.85. The molecule has 1 aliphatic heterocycles. The van der Waals surface area contributed by atoms with Gasteiger partial charge in [0.25, 0.3) is 0 Å². The molecule has 1 heterocycles. The van der Waals surface area contributed by atoms with Gasteiger partial charge in [-0.1, -0.05) is 18.2 Å². The van der Waals surface area contributed by atoms with E-state index in [0.717, 1.165) is 18.5 Å². The van der Waals surface area contributed by atoms with E-state index in [1.54, 1.807) is 12.1 Å². The summed E-state index contributed by atoms with van der Waals surface area (Å²) in [6.45, 7) is 0.723. The summed E-state index contributed by atoms with van der Waals surface area (Å²) in [5, 5.41) is 21.4. The number of halogens is 1. The summed E-state index contributed by atoms with van der Waals surface area (Å²) in [4.78, 5) is 11.4. The minimum absolute atomic E-state index is 0.